The summed E-state index contributed by atoms with van der Waals surface area (Å²) in [5, 5.41) is 1.11. The van der Waals surface area contributed by atoms with Crippen LogP contribution in [-0.4, -0.2) is 42.5 Å². The summed E-state index contributed by atoms with van der Waals surface area (Å²) >= 11 is 1.74. The van der Waals surface area contributed by atoms with Gasteiger partial charge in [-0.05, 0) is 37.8 Å². The summed E-state index contributed by atoms with van der Waals surface area (Å²) in [5.41, 5.74) is 1.06. The average Bonchev–Trinajstić information content (AvgIpc) is 2.98. The van der Waals surface area contributed by atoms with Crippen LogP contribution in [0.2, 0.25) is 0 Å². The molecule has 2 atom stereocenters. The summed E-state index contributed by atoms with van der Waals surface area (Å²) < 4.78 is 1.22. The summed E-state index contributed by atoms with van der Waals surface area (Å²) in [5.74, 6) is 1.04. The van der Waals surface area contributed by atoms with Gasteiger partial charge in [-0.25, -0.2) is 4.98 Å². The third-order valence-corrected chi connectivity index (χ3v) is 6.21. The molecule has 3 rings (SSSR count). The van der Waals surface area contributed by atoms with Gasteiger partial charge in [-0.3, -0.25) is 4.79 Å². The highest BCUT2D eigenvalue weighted by atomic mass is 32.1. The molecule has 1 aromatic heterocycles. The van der Waals surface area contributed by atoms with Gasteiger partial charge in [0.15, 0.2) is 11.6 Å². The molecule has 0 radical (unpaired) electrons. The van der Waals surface area contributed by atoms with Crippen molar-refractivity contribution in [3.63, 3.8) is 0 Å². The van der Waals surface area contributed by atoms with Crippen molar-refractivity contribution < 1.29 is 9.69 Å². The van der Waals surface area contributed by atoms with Gasteiger partial charge in [-0.2, -0.15) is 0 Å². The van der Waals surface area contributed by atoms with Crippen LogP contribution in [0.25, 0.3) is 10.2 Å². The topological polar surface area (TPSA) is 37.6 Å². The molecular formula is C18H26N3OS+. The number of likely N-dealkylation sites (tertiary alicyclic amines) is 1. The minimum atomic E-state index is 0.236. The van der Waals surface area contributed by atoms with Gasteiger partial charge in [0.2, 0.25) is 0 Å². The first-order chi connectivity index (χ1) is 11.0. The molecular weight excluding hydrogens is 306 g/mol. The molecule has 0 aliphatic carbocycles. The van der Waals surface area contributed by atoms with Crippen LogP contribution < -0.4 is 4.90 Å². The zero-order chi connectivity index (χ0) is 16.4. The molecule has 124 valence electrons. The van der Waals surface area contributed by atoms with Crippen LogP contribution >= 0.6 is 11.3 Å². The maximum Gasteiger partial charge on any atom is 0.277 e. The number of nitrogens with zero attached hydrogens (tertiary/aromatic N) is 2. The quantitative estimate of drug-likeness (QED) is 0.931. The molecule has 1 aliphatic heterocycles. The van der Waals surface area contributed by atoms with Crippen molar-refractivity contribution in [3.8, 4) is 0 Å². The third kappa shape index (κ3) is 3.72. The Balaban J connectivity index is 1.62. The minimum Gasteiger partial charge on any atom is -0.338 e. The molecule has 1 unspecified atom stereocenters. The van der Waals surface area contributed by atoms with E-state index < -0.39 is 0 Å². The van der Waals surface area contributed by atoms with Gasteiger partial charge in [0.25, 0.3) is 5.91 Å². The van der Waals surface area contributed by atoms with E-state index in [-0.39, 0.29) is 11.9 Å². The maximum absolute atomic E-state index is 12.5. The SMILES string of the molecule is CC1CCN(C(=O)C[NH+](C)[C@H](C)c2nc3ccccc3s2)CC1. The van der Waals surface area contributed by atoms with Gasteiger partial charge in [0.1, 0.15) is 6.04 Å². The van der Waals surface area contributed by atoms with E-state index in [2.05, 4.69) is 33.0 Å². The Morgan fingerprint density at radius 3 is 2.78 bits per heavy atom. The Labute approximate surface area is 142 Å². The number of benzene rings is 1. The van der Waals surface area contributed by atoms with Crippen molar-refractivity contribution in [2.24, 2.45) is 5.92 Å². The minimum absolute atomic E-state index is 0.236. The number of hydrogen-bond acceptors (Lipinski definition) is 3. The van der Waals surface area contributed by atoms with Crippen LogP contribution in [0.5, 0.6) is 0 Å². The van der Waals surface area contributed by atoms with Crippen LogP contribution in [0.3, 0.4) is 0 Å². The van der Waals surface area contributed by atoms with E-state index >= 15 is 0 Å². The van der Waals surface area contributed by atoms with Crippen LogP contribution in [0, 0.1) is 5.92 Å². The van der Waals surface area contributed by atoms with Crippen LogP contribution in [0.1, 0.15) is 37.7 Å². The van der Waals surface area contributed by atoms with Gasteiger partial charge < -0.3 is 9.80 Å². The lowest BCUT2D eigenvalue weighted by Gasteiger charge is -2.31. The Morgan fingerprint density at radius 1 is 1.39 bits per heavy atom. The van der Waals surface area contributed by atoms with Gasteiger partial charge in [0.05, 0.1) is 17.3 Å². The van der Waals surface area contributed by atoms with E-state index in [1.54, 1.807) is 11.3 Å². The number of quaternary nitrogens is 1. The maximum atomic E-state index is 12.5. The number of hydrogen-bond donors (Lipinski definition) is 1. The molecule has 0 spiro atoms. The fourth-order valence-electron chi connectivity index (χ4n) is 3.05. The molecule has 1 saturated heterocycles. The van der Waals surface area contributed by atoms with E-state index in [1.165, 1.54) is 9.60 Å². The standard InChI is InChI=1S/C18H25N3OS/c1-13-8-10-21(11-9-13)17(22)12-20(3)14(2)18-19-15-6-4-5-7-16(15)23-18/h4-7,13-14H,8-12H2,1-3H3/p+1/t14-/m1/s1. The van der Waals surface area contributed by atoms with Gasteiger partial charge in [0, 0.05) is 13.1 Å². The number of rotatable bonds is 4. The molecule has 1 aliphatic rings. The molecule has 1 amide bonds. The number of carbonyl (C=O) groups excluding carboxylic acids is 1. The predicted octanol–water partition coefficient (Wildman–Crippen LogP) is 2.13. The van der Waals surface area contributed by atoms with Crippen LogP contribution in [0.15, 0.2) is 24.3 Å². The second kappa shape index (κ2) is 6.97. The summed E-state index contributed by atoms with van der Waals surface area (Å²) in [6, 6.07) is 8.47. The Morgan fingerprint density at radius 2 is 2.09 bits per heavy atom. The second-order valence-electron chi connectivity index (χ2n) is 6.83. The number of para-hydroxylation sites is 1. The molecule has 4 nitrogen and oxygen atoms in total. The van der Waals surface area contributed by atoms with Crippen molar-refractivity contribution in [1.82, 2.24) is 9.88 Å². The Hall–Kier alpha value is -1.46. The number of piperidine rings is 1. The van der Waals surface area contributed by atoms with Crippen LogP contribution in [0.4, 0.5) is 0 Å². The predicted molar refractivity (Wildman–Crippen MR) is 94.8 cm³/mol. The summed E-state index contributed by atoms with van der Waals surface area (Å²) in [4.78, 5) is 20.5. The summed E-state index contributed by atoms with van der Waals surface area (Å²) in [6.45, 7) is 6.82. The Bertz CT molecular complexity index is 643. The molecule has 0 saturated carbocycles. The highest BCUT2D eigenvalue weighted by Crippen LogP contribution is 2.24. The lowest BCUT2D eigenvalue weighted by molar-refractivity contribution is -0.902. The van der Waals surface area contributed by atoms with Gasteiger partial charge in [-0.1, -0.05) is 19.1 Å². The van der Waals surface area contributed by atoms with Crippen molar-refractivity contribution in [2.75, 3.05) is 26.7 Å². The zero-order valence-corrected chi connectivity index (χ0v) is 15.0. The first-order valence-corrected chi connectivity index (χ1v) is 9.32. The lowest BCUT2D eigenvalue weighted by atomic mass is 9.99. The molecule has 23 heavy (non-hydrogen) atoms. The molecule has 5 heteroatoms. The zero-order valence-electron chi connectivity index (χ0n) is 14.2. The third-order valence-electron chi connectivity index (χ3n) is 4.99. The highest BCUT2D eigenvalue weighted by Gasteiger charge is 2.26. The van der Waals surface area contributed by atoms with E-state index in [1.807, 2.05) is 17.0 Å². The monoisotopic (exact) mass is 332 g/mol. The number of aromatic nitrogens is 1. The fourth-order valence-corrected chi connectivity index (χ4v) is 4.16. The van der Waals surface area contributed by atoms with E-state index in [0.29, 0.717) is 6.54 Å². The molecule has 0 bridgehead atoms. The van der Waals surface area contributed by atoms with Gasteiger partial charge >= 0.3 is 0 Å². The van der Waals surface area contributed by atoms with Crippen molar-refractivity contribution in [1.29, 1.82) is 0 Å². The van der Waals surface area contributed by atoms with E-state index in [4.69, 9.17) is 4.98 Å². The highest BCUT2D eigenvalue weighted by molar-refractivity contribution is 7.18. The normalized spacial score (nSPS) is 19.0. The average molecular weight is 332 g/mol. The first-order valence-electron chi connectivity index (χ1n) is 8.50. The van der Waals surface area contributed by atoms with E-state index in [0.717, 1.165) is 42.4 Å². The molecule has 1 aromatic carbocycles. The fraction of sp³-hybridized carbons (Fsp3) is 0.556. The number of fused-ring (bicyclic) bond motifs is 1. The number of carbonyl (C=O) groups is 1. The Kier molecular flexibility index (Phi) is 4.97. The molecule has 1 N–H and O–H groups in total. The number of thiazole rings is 1. The summed E-state index contributed by atoms with van der Waals surface area (Å²) in [6.07, 6.45) is 2.27. The lowest BCUT2D eigenvalue weighted by Crippen LogP contribution is -3.10. The summed E-state index contributed by atoms with van der Waals surface area (Å²) in [7, 11) is 2.10. The number of amides is 1. The largest absolute Gasteiger partial charge is 0.338 e. The van der Waals surface area contributed by atoms with Crippen molar-refractivity contribution in [3.05, 3.63) is 29.3 Å². The van der Waals surface area contributed by atoms with Crippen molar-refractivity contribution >= 4 is 27.5 Å². The van der Waals surface area contributed by atoms with Crippen LogP contribution in [-0.2, 0) is 4.79 Å². The first kappa shape index (κ1) is 16.4. The van der Waals surface area contributed by atoms with E-state index in [9.17, 15) is 4.79 Å². The number of nitrogens with one attached hydrogen (secondary N) is 1. The molecule has 1 fully saturated rings. The molecule has 2 aromatic rings. The van der Waals surface area contributed by atoms with Crippen molar-refractivity contribution in [2.45, 2.75) is 32.7 Å². The number of likely N-dealkylation sites (N-methyl/N-ethyl adjacent to an activating group) is 1. The second-order valence-corrected chi connectivity index (χ2v) is 7.89. The smallest absolute Gasteiger partial charge is 0.277 e. The molecule has 2 heterocycles. The van der Waals surface area contributed by atoms with Gasteiger partial charge in [-0.15, -0.1) is 11.3 Å².